The molecule has 146 valence electrons. The molecule has 0 N–H and O–H groups in total. The second kappa shape index (κ2) is 6.76. The van der Waals surface area contributed by atoms with E-state index in [4.69, 9.17) is 9.47 Å². The first-order valence-electron chi connectivity index (χ1n) is 9.41. The van der Waals surface area contributed by atoms with Crippen LogP contribution >= 0.6 is 0 Å². The Bertz CT molecular complexity index is 776. The maximum Gasteiger partial charge on any atom is 0.230 e. The highest BCUT2D eigenvalue weighted by Crippen LogP contribution is 2.52. The van der Waals surface area contributed by atoms with Gasteiger partial charge in [-0.15, -0.1) is 0 Å². The van der Waals surface area contributed by atoms with Crippen molar-refractivity contribution in [2.24, 2.45) is 18.9 Å². The normalized spacial score (nSPS) is 31.0. The number of aryl methyl sites for hydroxylation is 1. The lowest BCUT2D eigenvalue weighted by atomic mass is 9.76. The number of imidazole rings is 1. The summed E-state index contributed by atoms with van der Waals surface area (Å²) in [7, 11) is 3.65. The summed E-state index contributed by atoms with van der Waals surface area (Å²) in [4.78, 5) is 33.9. The van der Waals surface area contributed by atoms with E-state index in [0.29, 0.717) is 32.8 Å². The van der Waals surface area contributed by atoms with Crippen LogP contribution in [0, 0.1) is 11.8 Å². The second-order valence-corrected chi connectivity index (χ2v) is 7.51. The van der Waals surface area contributed by atoms with Crippen molar-refractivity contribution < 1.29 is 19.1 Å². The van der Waals surface area contributed by atoms with Gasteiger partial charge in [0.25, 0.3) is 0 Å². The largest absolute Gasteiger partial charge is 0.380 e. The van der Waals surface area contributed by atoms with E-state index in [1.165, 1.54) is 0 Å². The molecular formula is C19H26N4O4. The zero-order valence-electron chi connectivity index (χ0n) is 16.0. The summed E-state index contributed by atoms with van der Waals surface area (Å²) in [5.74, 6) is -0.212. The molecule has 3 aliphatic rings. The van der Waals surface area contributed by atoms with Crippen molar-refractivity contribution in [3.63, 3.8) is 0 Å². The molecule has 2 bridgehead atoms. The van der Waals surface area contributed by atoms with E-state index in [9.17, 15) is 9.59 Å². The first kappa shape index (κ1) is 18.2. The van der Waals surface area contributed by atoms with Crippen molar-refractivity contribution in [2.75, 3.05) is 33.4 Å². The quantitative estimate of drug-likeness (QED) is 0.503. The maximum absolute atomic E-state index is 13.2. The van der Waals surface area contributed by atoms with Crippen molar-refractivity contribution in [1.82, 2.24) is 19.4 Å². The summed E-state index contributed by atoms with van der Waals surface area (Å²) in [5, 5.41) is 0. The fraction of sp³-hybridized carbons (Fsp3) is 0.632. The number of rotatable bonds is 7. The lowest BCUT2D eigenvalue weighted by Gasteiger charge is -2.27. The Morgan fingerprint density at radius 1 is 1.52 bits per heavy atom. The van der Waals surface area contributed by atoms with E-state index < -0.39 is 17.4 Å². The zero-order valence-corrected chi connectivity index (χ0v) is 16.0. The van der Waals surface area contributed by atoms with Crippen molar-refractivity contribution in [3.05, 3.63) is 30.4 Å². The molecule has 1 aromatic heterocycles. The highest BCUT2D eigenvalue weighted by Gasteiger charge is 2.67. The van der Waals surface area contributed by atoms with Gasteiger partial charge < -0.3 is 23.8 Å². The van der Waals surface area contributed by atoms with E-state index in [1.54, 1.807) is 23.0 Å². The molecule has 8 heteroatoms. The van der Waals surface area contributed by atoms with Crippen LogP contribution in [0.15, 0.2) is 24.5 Å². The van der Waals surface area contributed by atoms with Crippen LogP contribution in [0.25, 0.3) is 0 Å². The molecule has 0 saturated carbocycles. The molecule has 27 heavy (non-hydrogen) atoms. The van der Waals surface area contributed by atoms with Crippen molar-refractivity contribution >= 4 is 11.8 Å². The summed E-state index contributed by atoms with van der Waals surface area (Å²) >= 11 is 0. The highest BCUT2D eigenvalue weighted by molar-refractivity contribution is 5.92. The number of amides is 2. The van der Waals surface area contributed by atoms with E-state index in [1.807, 2.05) is 36.9 Å². The summed E-state index contributed by atoms with van der Waals surface area (Å²) in [6, 6.07) is 0. The first-order chi connectivity index (χ1) is 13.0. The molecule has 4 atom stereocenters. The molecule has 0 aromatic carbocycles. The van der Waals surface area contributed by atoms with Gasteiger partial charge in [-0.2, -0.15) is 0 Å². The third-order valence-electron chi connectivity index (χ3n) is 5.85. The van der Waals surface area contributed by atoms with Crippen LogP contribution in [0.4, 0.5) is 0 Å². The molecule has 0 aliphatic carbocycles. The lowest BCUT2D eigenvalue weighted by molar-refractivity contribution is -0.143. The number of hydrogen-bond acceptors (Lipinski definition) is 5. The summed E-state index contributed by atoms with van der Waals surface area (Å²) in [5.41, 5.74) is -0.668. The molecule has 8 nitrogen and oxygen atoms in total. The molecule has 2 fully saturated rings. The number of carbonyl (C=O) groups is 2. The molecule has 4 rings (SSSR count). The Morgan fingerprint density at radius 2 is 2.33 bits per heavy atom. The van der Waals surface area contributed by atoms with Crippen LogP contribution < -0.4 is 0 Å². The minimum Gasteiger partial charge on any atom is -0.380 e. The number of likely N-dealkylation sites (tertiary alicyclic amines) is 1. The number of ether oxygens (including phenoxy) is 2. The Hall–Kier alpha value is -2.19. The number of nitrogens with zero attached hydrogens (tertiary/aromatic N) is 4. The Kier molecular flexibility index (Phi) is 4.55. The third kappa shape index (κ3) is 2.87. The molecule has 1 spiro atoms. The minimum atomic E-state index is -0.668. The van der Waals surface area contributed by atoms with Crippen LogP contribution in [0.5, 0.6) is 0 Å². The fourth-order valence-electron chi connectivity index (χ4n) is 4.46. The number of carbonyl (C=O) groups excluding carboxylic acids is 2. The van der Waals surface area contributed by atoms with Gasteiger partial charge in [-0.25, -0.2) is 4.98 Å². The standard InChI is InChI=1S/C19H26N4O4/c1-4-26-10-9-23-12-19-6-5-13(27-19)15(16(19)18(23)25)17(24)22(3)11-14-20-7-8-21(14)2/h5-8,13,15-16H,4,9-12H2,1-3H3/t13-,15?,16?,19-/m1/s1. The van der Waals surface area contributed by atoms with E-state index in [2.05, 4.69) is 4.98 Å². The van der Waals surface area contributed by atoms with Crippen LogP contribution in [0.1, 0.15) is 12.7 Å². The van der Waals surface area contributed by atoms with Gasteiger partial charge in [0, 0.05) is 39.6 Å². The van der Waals surface area contributed by atoms with Crippen LogP contribution in [-0.2, 0) is 32.7 Å². The molecule has 2 unspecified atom stereocenters. The minimum absolute atomic E-state index is 0.00899. The SMILES string of the molecule is CCOCCN1C[C@@]23C=C[C@@H](O2)C(C(=O)N(C)Cc2nccn2C)C3C1=O. The van der Waals surface area contributed by atoms with E-state index >= 15 is 0 Å². The van der Waals surface area contributed by atoms with E-state index in [0.717, 1.165) is 5.82 Å². The predicted molar refractivity (Wildman–Crippen MR) is 96.5 cm³/mol. The number of aromatic nitrogens is 2. The lowest BCUT2D eigenvalue weighted by Crippen LogP contribution is -2.44. The molecule has 0 radical (unpaired) electrons. The highest BCUT2D eigenvalue weighted by atomic mass is 16.5. The molecule has 4 heterocycles. The monoisotopic (exact) mass is 374 g/mol. The van der Waals surface area contributed by atoms with Gasteiger partial charge in [0.2, 0.25) is 11.8 Å². The van der Waals surface area contributed by atoms with Gasteiger partial charge in [-0.05, 0) is 6.92 Å². The molecule has 2 saturated heterocycles. The van der Waals surface area contributed by atoms with Crippen LogP contribution in [0.2, 0.25) is 0 Å². The molecule has 3 aliphatic heterocycles. The molecule has 1 aromatic rings. The van der Waals surface area contributed by atoms with Gasteiger partial charge in [-0.1, -0.05) is 12.2 Å². The number of hydrogen-bond donors (Lipinski definition) is 0. The van der Waals surface area contributed by atoms with Gasteiger partial charge >= 0.3 is 0 Å². The molecular weight excluding hydrogens is 348 g/mol. The third-order valence-corrected chi connectivity index (χ3v) is 5.85. The topological polar surface area (TPSA) is 76.9 Å². The Labute approximate surface area is 158 Å². The predicted octanol–water partition coefficient (Wildman–Crippen LogP) is 0.197. The maximum atomic E-state index is 13.2. The summed E-state index contributed by atoms with van der Waals surface area (Å²) in [6.45, 7) is 4.46. The van der Waals surface area contributed by atoms with E-state index in [-0.39, 0.29) is 17.9 Å². The fourth-order valence-corrected chi connectivity index (χ4v) is 4.46. The Morgan fingerprint density at radius 3 is 3.04 bits per heavy atom. The average Bonchev–Trinajstić information content (AvgIpc) is 3.38. The zero-order chi connectivity index (χ0) is 19.2. The van der Waals surface area contributed by atoms with Crippen LogP contribution in [0.3, 0.4) is 0 Å². The smallest absolute Gasteiger partial charge is 0.230 e. The van der Waals surface area contributed by atoms with Gasteiger partial charge in [0.1, 0.15) is 11.4 Å². The Balaban J connectivity index is 1.50. The summed E-state index contributed by atoms with van der Waals surface area (Å²) < 4.78 is 13.4. The van der Waals surface area contributed by atoms with Crippen molar-refractivity contribution in [1.29, 1.82) is 0 Å². The van der Waals surface area contributed by atoms with Crippen LogP contribution in [-0.4, -0.2) is 76.2 Å². The molecule has 2 amide bonds. The van der Waals surface area contributed by atoms with Gasteiger partial charge in [0.05, 0.1) is 37.6 Å². The first-order valence-corrected chi connectivity index (χ1v) is 9.41. The van der Waals surface area contributed by atoms with Crippen molar-refractivity contribution in [3.8, 4) is 0 Å². The number of fused-ring (bicyclic) bond motifs is 1. The average molecular weight is 374 g/mol. The second-order valence-electron chi connectivity index (χ2n) is 7.51. The van der Waals surface area contributed by atoms with Gasteiger partial charge in [-0.3, -0.25) is 9.59 Å². The van der Waals surface area contributed by atoms with Gasteiger partial charge in [0.15, 0.2) is 0 Å². The summed E-state index contributed by atoms with van der Waals surface area (Å²) in [6.07, 6.45) is 7.14. The van der Waals surface area contributed by atoms with Crippen molar-refractivity contribution in [2.45, 2.75) is 25.2 Å².